The van der Waals surface area contributed by atoms with Crippen LogP contribution in [0, 0.1) is 6.92 Å². The van der Waals surface area contributed by atoms with Gasteiger partial charge in [0.1, 0.15) is 5.82 Å². The molecule has 0 aliphatic carbocycles. The van der Waals surface area contributed by atoms with Crippen LogP contribution in [0.15, 0.2) is 36.5 Å². The Morgan fingerprint density at radius 3 is 2.67 bits per heavy atom. The summed E-state index contributed by atoms with van der Waals surface area (Å²) in [6.07, 6.45) is 2.06. The highest BCUT2D eigenvalue weighted by atomic mass is 16.1. The van der Waals surface area contributed by atoms with Crippen molar-refractivity contribution in [2.45, 2.75) is 13.3 Å². The molecule has 1 N–H and O–H groups in total. The second kappa shape index (κ2) is 4.09. The Bertz CT molecular complexity index is 459. The lowest BCUT2D eigenvalue weighted by Crippen LogP contribution is -2.04. The van der Waals surface area contributed by atoms with Gasteiger partial charge in [0.2, 0.25) is 0 Å². The number of imidazole rings is 1. The number of nitrogens with one attached hydrogen (secondary N) is 1. The number of aromatic nitrogens is 2. The summed E-state index contributed by atoms with van der Waals surface area (Å²) >= 11 is 0. The number of hydrogen-bond acceptors (Lipinski definition) is 2. The van der Waals surface area contributed by atoms with Crippen molar-refractivity contribution in [2.75, 3.05) is 0 Å². The zero-order valence-corrected chi connectivity index (χ0v) is 8.53. The summed E-state index contributed by atoms with van der Waals surface area (Å²) in [6.45, 7) is 1.92. The number of Topliss-reactive ketones (excluding diaryl/α,β-unsaturated/α-hetero) is 1. The van der Waals surface area contributed by atoms with Gasteiger partial charge in [-0.1, -0.05) is 30.3 Å². The molecular formula is C12H12N2O. The van der Waals surface area contributed by atoms with Crippen molar-refractivity contribution in [2.24, 2.45) is 0 Å². The number of nitrogens with zero attached hydrogens (tertiary/aromatic N) is 1. The highest BCUT2D eigenvalue weighted by molar-refractivity contribution is 5.97. The lowest BCUT2D eigenvalue weighted by atomic mass is 10.1. The fraction of sp³-hybridized carbons (Fsp3) is 0.167. The summed E-state index contributed by atoms with van der Waals surface area (Å²) < 4.78 is 0. The highest BCUT2D eigenvalue weighted by Gasteiger charge is 2.07. The van der Waals surface area contributed by atoms with Gasteiger partial charge in [0.05, 0.1) is 6.42 Å². The molecule has 0 saturated carbocycles. The Balaban J connectivity index is 2.11. The number of benzene rings is 1. The third kappa shape index (κ3) is 2.31. The molecule has 2 aromatic rings. The summed E-state index contributed by atoms with van der Waals surface area (Å²) in [5.74, 6) is 0.811. The van der Waals surface area contributed by atoms with Crippen molar-refractivity contribution in [1.82, 2.24) is 9.97 Å². The standard InChI is InChI=1S/C12H12N2O/c1-9-8-13-12(14-9)7-11(15)10-5-3-2-4-6-10/h2-6,8H,7H2,1H3,(H,13,14). The number of aryl methyl sites for hydroxylation is 1. The van der Waals surface area contributed by atoms with Crippen LogP contribution in [0.2, 0.25) is 0 Å². The Hall–Kier alpha value is -1.90. The van der Waals surface area contributed by atoms with Gasteiger partial charge in [-0.05, 0) is 6.92 Å². The van der Waals surface area contributed by atoms with Crippen LogP contribution in [0.1, 0.15) is 21.9 Å². The summed E-state index contributed by atoms with van der Waals surface area (Å²) in [5.41, 5.74) is 1.71. The van der Waals surface area contributed by atoms with Crippen LogP contribution in [0.3, 0.4) is 0 Å². The SMILES string of the molecule is Cc1cnc(CC(=O)c2ccccc2)[nH]1. The third-order valence-electron chi connectivity index (χ3n) is 2.18. The van der Waals surface area contributed by atoms with Gasteiger partial charge in [0.25, 0.3) is 0 Å². The van der Waals surface area contributed by atoms with Crippen LogP contribution in [-0.4, -0.2) is 15.8 Å². The summed E-state index contributed by atoms with van der Waals surface area (Å²) in [4.78, 5) is 18.9. The summed E-state index contributed by atoms with van der Waals surface area (Å²) in [6, 6.07) is 9.26. The zero-order valence-electron chi connectivity index (χ0n) is 8.53. The van der Waals surface area contributed by atoms with Crippen LogP contribution < -0.4 is 0 Å². The van der Waals surface area contributed by atoms with E-state index in [-0.39, 0.29) is 5.78 Å². The average Bonchev–Trinajstić information content (AvgIpc) is 2.65. The van der Waals surface area contributed by atoms with Crippen molar-refractivity contribution in [3.63, 3.8) is 0 Å². The lowest BCUT2D eigenvalue weighted by Gasteiger charge is -1.97. The van der Waals surface area contributed by atoms with E-state index in [0.717, 1.165) is 17.1 Å². The van der Waals surface area contributed by atoms with Crippen molar-refractivity contribution in [3.05, 3.63) is 53.6 Å². The Labute approximate surface area is 88.2 Å². The van der Waals surface area contributed by atoms with Gasteiger partial charge in [0.15, 0.2) is 5.78 Å². The summed E-state index contributed by atoms with van der Waals surface area (Å²) in [7, 11) is 0. The van der Waals surface area contributed by atoms with Crippen molar-refractivity contribution in [1.29, 1.82) is 0 Å². The molecule has 0 radical (unpaired) electrons. The fourth-order valence-electron chi connectivity index (χ4n) is 1.43. The second-order valence-electron chi connectivity index (χ2n) is 3.48. The Kier molecular flexibility index (Phi) is 2.63. The molecular weight excluding hydrogens is 188 g/mol. The number of carbonyl (C=O) groups is 1. The molecule has 1 heterocycles. The van der Waals surface area contributed by atoms with E-state index < -0.39 is 0 Å². The van der Waals surface area contributed by atoms with E-state index in [1.165, 1.54) is 0 Å². The first kappa shape index (κ1) is 9.65. The maximum Gasteiger partial charge on any atom is 0.170 e. The molecule has 0 spiro atoms. The number of carbonyl (C=O) groups excluding carboxylic acids is 1. The molecule has 2 rings (SSSR count). The first-order valence-corrected chi connectivity index (χ1v) is 4.84. The first-order chi connectivity index (χ1) is 7.25. The third-order valence-corrected chi connectivity index (χ3v) is 2.18. The number of ketones is 1. The van der Waals surface area contributed by atoms with Crippen LogP contribution in [0.5, 0.6) is 0 Å². The van der Waals surface area contributed by atoms with E-state index in [0.29, 0.717) is 6.42 Å². The molecule has 3 nitrogen and oxygen atoms in total. The monoisotopic (exact) mass is 200 g/mol. The molecule has 0 saturated heterocycles. The van der Waals surface area contributed by atoms with Crippen molar-refractivity contribution in [3.8, 4) is 0 Å². The van der Waals surface area contributed by atoms with E-state index in [9.17, 15) is 4.79 Å². The van der Waals surface area contributed by atoms with E-state index in [1.54, 1.807) is 6.20 Å². The predicted octanol–water partition coefficient (Wildman–Crippen LogP) is 2.14. The minimum atomic E-state index is 0.0879. The number of rotatable bonds is 3. The molecule has 1 aromatic heterocycles. The van der Waals surface area contributed by atoms with Gasteiger partial charge in [-0.3, -0.25) is 4.79 Å². The van der Waals surface area contributed by atoms with Crippen LogP contribution in [0.4, 0.5) is 0 Å². The molecule has 0 amide bonds. The quantitative estimate of drug-likeness (QED) is 0.771. The average molecular weight is 200 g/mol. The fourth-order valence-corrected chi connectivity index (χ4v) is 1.43. The Morgan fingerprint density at radius 2 is 2.07 bits per heavy atom. The van der Waals surface area contributed by atoms with E-state index in [1.807, 2.05) is 37.3 Å². The molecule has 0 atom stereocenters. The molecule has 15 heavy (non-hydrogen) atoms. The molecule has 76 valence electrons. The first-order valence-electron chi connectivity index (χ1n) is 4.84. The zero-order chi connectivity index (χ0) is 10.7. The number of H-pyrrole nitrogens is 1. The Morgan fingerprint density at radius 1 is 1.33 bits per heavy atom. The topological polar surface area (TPSA) is 45.8 Å². The van der Waals surface area contributed by atoms with Gasteiger partial charge >= 0.3 is 0 Å². The van der Waals surface area contributed by atoms with E-state index in [4.69, 9.17) is 0 Å². The van der Waals surface area contributed by atoms with E-state index >= 15 is 0 Å². The van der Waals surface area contributed by atoms with Crippen LogP contribution in [-0.2, 0) is 6.42 Å². The van der Waals surface area contributed by atoms with Crippen molar-refractivity contribution < 1.29 is 4.79 Å². The molecule has 0 bridgehead atoms. The van der Waals surface area contributed by atoms with Crippen LogP contribution >= 0.6 is 0 Å². The van der Waals surface area contributed by atoms with Crippen LogP contribution in [0.25, 0.3) is 0 Å². The molecule has 0 fully saturated rings. The minimum Gasteiger partial charge on any atom is -0.346 e. The van der Waals surface area contributed by atoms with E-state index in [2.05, 4.69) is 9.97 Å². The smallest absolute Gasteiger partial charge is 0.170 e. The summed E-state index contributed by atoms with van der Waals surface area (Å²) in [5, 5.41) is 0. The van der Waals surface area contributed by atoms with Gasteiger partial charge in [-0.2, -0.15) is 0 Å². The molecule has 0 aliphatic rings. The number of hydrogen-bond donors (Lipinski definition) is 1. The molecule has 1 aromatic carbocycles. The maximum atomic E-state index is 11.8. The largest absolute Gasteiger partial charge is 0.346 e. The van der Waals surface area contributed by atoms with Gasteiger partial charge in [-0.25, -0.2) is 4.98 Å². The minimum absolute atomic E-state index is 0.0879. The molecule has 0 aliphatic heterocycles. The molecule has 3 heteroatoms. The second-order valence-corrected chi connectivity index (χ2v) is 3.48. The van der Waals surface area contributed by atoms with Crippen molar-refractivity contribution >= 4 is 5.78 Å². The predicted molar refractivity (Wildman–Crippen MR) is 57.8 cm³/mol. The highest BCUT2D eigenvalue weighted by Crippen LogP contribution is 2.04. The normalized spacial score (nSPS) is 10.2. The van der Waals surface area contributed by atoms with Gasteiger partial charge in [-0.15, -0.1) is 0 Å². The lowest BCUT2D eigenvalue weighted by molar-refractivity contribution is 0.0991. The van der Waals surface area contributed by atoms with Gasteiger partial charge < -0.3 is 4.98 Å². The molecule has 0 unspecified atom stereocenters. The van der Waals surface area contributed by atoms with Gasteiger partial charge in [0, 0.05) is 17.5 Å². The number of aromatic amines is 1. The maximum absolute atomic E-state index is 11.8.